The van der Waals surface area contributed by atoms with Gasteiger partial charge in [-0.2, -0.15) is 4.98 Å². The lowest BCUT2D eigenvalue weighted by molar-refractivity contribution is -0.385. The van der Waals surface area contributed by atoms with Crippen molar-refractivity contribution in [2.24, 2.45) is 0 Å². The number of nitrogens with zero attached hydrogens (tertiary/aromatic N) is 4. The maximum atomic E-state index is 13.3. The molecule has 0 aliphatic carbocycles. The number of imidazole rings is 1. The van der Waals surface area contributed by atoms with Gasteiger partial charge in [-0.1, -0.05) is 0 Å². The lowest BCUT2D eigenvalue weighted by atomic mass is 10.1. The number of aliphatic hydroxyl groups is 1. The highest BCUT2D eigenvalue weighted by Crippen LogP contribution is 2.57. The fraction of sp³-hybridized carbons (Fsp3) is 0.421. The molecule has 2 fully saturated rings. The first kappa shape index (κ1) is 26.5. The van der Waals surface area contributed by atoms with Crippen LogP contribution in [0.25, 0.3) is 11.2 Å². The lowest BCUT2D eigenvalue weighted by Crippen LogP contribution is -2.39. The molecule has 2 aliphatic heterocycles. The van der Waals surface area contributed by atoms with Crippen molar-refractivity contribution < 1.29 is 42.4 Å². The molecule has 0 saturated carbocycles. The molecule has 38 heavy (non-hydrogen) atoms. The molecule has 5 atom stereocenters. The van der Waals surface area contributed by atoms with Crippen LogP contribution in [-0.4, -0.2) is 68.7 Å². The van der Waals surface area contributed by atoms with Gasteiger partial charge in [-0.15, -0.1) is 0 Å². The number of phosphoric acid groups is 1. The molecule has 2 saturated heterocycles. The summed E-state index contributed by atoms with van der Waals surface area (Å²) in [5.41, 5.74) is 4.67. The number of hydrogen-bond donors (Lipinski definition) is 3. The molecule has 17 nitrogen and oxygen atoms in total. The average molecular weight is 619 g/mol. The first-order valence-electron chi connectivity index (χ1n) is 10.8. The molecule has 3 aromatic rings. The summed E-state index contributed by atoms with van der Waals surface area (Å²) in [7, 11) is -1.64. The number of anilines is 1. The number of nitro groups is 1. The molecule has 19 heteroatoms. The Morgan fingerprint density at radius 3 is 2.74 bits per heavy atom. The third-order valence-corrected chi connectivity index (χ3v) is 7.87. The number of nitro benzene ring substituents is 1. The molecule has 0 radical (unpaired) electrons. The van der Waals surface area contributed by atoms with Crippen LogP contribution in [0.5, 0.6) is 11.5 Å². The number of rotatable bonds is 7. The van der Waals surface area contributed by atoms with Gasteiger partial charge < -0.3 is 25.1 Å². The van der Waals surface area contributed by atoms with E-state index in [1.54, 1.807) is 0 Å². The third kappa shape index (κ3) is 4.53. The summed E-state index contributed by atoms with van der Waals surface area (Å²) in [6, 6.07) is 2.45. The molecule has 0 unspecified atom stereocenters. The van der Waals surface area contributed by atoms with Gasteiger partial charge in [-0.05, 0) is 22.0 Å². The standard InChI is InChI=1S/C19H20BrN6O11P/c1-32-9-3-7(8(26(29)30)4-10(9)33-2)5-34-38(31)35-6-11-14(37-38)13(27)17(36-11)25-15-12(22-18(25)20)16(28)24-19(21)23-15/h3-4,11,13-14,17,27H,5-6H2,1-2H3,(H3,21,23,24,28)/t11-,13-,14-,17-,38-/m1/s1. The number of methoxy groups -OCH3 is 2. The van der Waals surface area contributed by atoms with E-state index in [9.17, 15) is 24.6 Å². The second-order valence-corrected chi connectivity index (χ2v) is 10.4. The summed E-state index contributed by atoms with van der Waals surface area (Å²) in [5.74, 6) is 0.133. The number of aromatic amines is 1. The van der Waals surface area contributed by atoms with E-state index < -0.39 is 49.5 Å². The molecule has 0 amide bonds. The molecule has 0 bridgehead atoms. The summed E-state index contributed by atoms with van der Waals surface area (Å²) in [4.78, 5) is 33.6. The van der Waals surface area contributed by atoms with Gasteiger partial charge in [-0.3, -0.25) is 38.0 Å². The fourth-order valence-corrected chi connectivity index (χ4v) is 6.08. The SMILES string of the molecule is COc1cc(CO[P@]2(=O)OC[C@H]3O[C@@H](n4c(Br)nc5c(=O)[nH]c(N)nc54)[C@H](O)[C@@H]3O2)c([N+](=O)[O-])cc1OC. The van der Waals surface area contributed by atoms with Crippen LogP contribution in [0.15, 0.2) is 21.7 Å². The Hall–Kier alpha value is -3.12. The van der Waals surface area contributed by atoms with Crippen molar-refractivity contribution in [3.8, 4) is 11.5 Å². The van der Waals surface area contributed by atoms with Gasteiger partial charge in [0.05, 0.1) is 44.0 Å². The van der Waals surface area contributed by atoms with Crippen molar-refractivity contribution >= 4 is 46.6 Å². The molecule has 5 rings (SSSR count). The molecular weight excluding hydrogens is 599 g/mol. The van der Waals surface area contributed by atoms with E-state index in [1.807, 2.05) is 0 Å². The number of H-pyrrole nitrogens is 1. The Balaban J connectivity index is 1.37. The van der Waals surface area contributed by atoms with Gasteiger partial charge in [0.1, 0.15) is 18.3 Å². The van der Waals surface area contributed by atoms with Crippen molar-refractivity contribution in [3.05, 3.63) is 42.9 Å². The molecule has 4 N–H and O–H groups in total. The number of fused-ring (bicyclic) bond motifs is 2. The van der Waals surface area contributed by atoms with Crippen LogP contribution in [0.1, 0.15) is 11.8 Å². The number of nitrogens with one attached hydrogen (secondary N) is 1. The molecule has 2 aromatic heterocycles. The lowest BCUT2D eigenvalue weighted by Gasteiger charge is -2.30. The quantitative estimate of drug-likeness (QED) is 0.147. The highest BCUT2D eigenvalue weighted by atomic mass is 79.9. The zero-order chi connectivity index (χ0) is 27.4. The Kier molecular flexibility index (Phi) is 6.89. The number of aromatic nitrogens is 4. The summed E-state index contributed by atoms with van der Waals surface area (Å²) in [6.07, 6.45) is -4.70. The van der Waals surface area contributed by atoms with Crippen molar-refractivity contribution in [2.75, 3.05) is 26.6 Å². The van der Waals surface area contributed by atoms with Crippen LogP contribution in [0.2, 0.25) is 0 Å². The smallest absolute Gasteiger partial charge is 0.475 e. The summed E-state index contributed by atoms with van der Waals surface area (Å²) in [6.45, 7) is -0.848. The number of benzene rings is 1. The van der Waals surface area contributed by atoms with E-state index in [-0.39, 0.29) is 51.2 Å². The average Bonchev–Trinajstić information content (AvgIpc) is 3.37. The molecule has 0 spiro atoms. The summed E-state index contributed by atoms with van der Waals surface area (Å²) >= 11 is 3.22. The van der Waals surface area contributed by atoms with E-state index in [2.05, 4.69) is 30.9 Å². The Labute approximate surface area is 220 Å². The zero-order valence-corrected chi connectivity index (χ0v) is 22.1. The minimum atomic E-state index is -4.32. The number of nitrogen functional groups attached to an aromatic ring is 1. The van der Waals surface area contributed by atoms with Gasteiger partial charge in [0.25, 0.3) is 11.2 Å². The highest BCUT2D eigenvalue weighted by molar-refractivity contribution is 9.10. The van der Waals surface area contributed by atoms with Crippen molar-refractivity contribution in [2.45, 2.75) is 31.1 Å². The van der Waals surface area contributed by atoms with E-state index in [0.29, 0.717) is 0 Å². The van der Waals surface area contributed by atoms with Gasteiger partial charge >= 0.3 is 7.82 Å². The Bertz CT molecular complexity index is 1530. The van der Waals surface area contributed by atoms with Crippen LogP contribution in [0, 0.1) is 10.1 Å². The van der Waals surface area contributed by atoms with E-state index in [1.165, 1.54) is 24.9 Å². The molecular formula is C19H20BrN6O11P. The number of ether oxygens (including phenoxy) is 3. The van der Waals surface area contributed by atoms with E-state index >= 15 is 0 Å². The first-order chi connectivity index (χ1) is 18.0. The van der Waals surface area contributed by atoms with Gasteiger partial charge in [0, 0.05) is 0 Å². The minimum absolute atomic E-state index is 0.0148. The van der Waals surface area contributed by atoms with Crippen molar-refractivity contribution in [3.63, 3.8) is 0 Å². The topological polar surface area (TPSA) is 225 Å². The highest BCUT2D eigenvalue weighted by Gasteiger charge is 2.54. The molecule has 2 aliphatic rings. The van der Waals surface area contributed by atoms with Crippen LogP contribution in [0.3, 0.4) is 0 Å². The summed E-state index contributed by atoms with van der Waals surface area (Å²) in [5, 5.41) is 22.6. The van der Waals surface area contributed by atoms with Gasteiger partial charge in [-0.25, -0.2) is 9.55 Å². The minimum Gasteiger partial charge on any atom is -0.493 e. The van der Waals surface area contributed by atoms with Crippen molar-refractivity contribution in [1.82, 2.24) is 19.5 Å². The van der Waals surface area contributed by atoms with Crippen LogP contribution in [0.4, 0.5) is 11.6 Å². The van der Waals surface area contributed by atoms with Crippen LogP contribution in [-0.2, 0) is 29.5 Å². The number of phosphoric ester groups is 1. The number of nitrogens with two attached hydrogens (primary N) is 1. The first-order valence-corrected chi connectivity index (χ1v) is 13.0. The molecule has 4 heterocycles. The van der Waals surface area contributed by atoms with E-state index in [0.717, 1.165) is 6.07 Å². The fourth-order valence-electron chi connectivity index (χ4n) is 4.15. The Morgan fingerprint density at radius 2 is 2.05 bits per heavy atom. The number of halogens is 1. The van der Waals surface area contributed by atoms with Crippen LogP contribution >= 0.6 is 23.8 Å². The van der Waals surface area contributed by atoms with Gasteiger partial charge in [0.2, 0.25) is 5.95 Å². The number of aliphatic hydroxyl groups excluding tert-OH is 1. The molecule has 1 aromatic carbocycles. The second kappa shape index (κ2) is 9.88. The molecule has 204 valence electrons. The van der Waals surface area contributed by atoms with Crippen molar-refractivity contribution in [1.29, 1.82) is 0 Å². The third-order valence-electron chi connectivity index (χ3n) is 5.90. The predicted molar refractivity (Wildman–Crippen MR) is 130 cm³/mol. The summed E-state index contributed by atoms with van der Waals surface area (Å²) < 4.78 is 47.0. The maximum Gasteiger partial charge on any atom is 0.475 e. The predicted octanol–water partition coefficient (Wildman–Crippen LogP) is 1.39. The maximum absolute atomic E-state index is 13.3. The second-order valence-electron chi connectivity index (χ2n) is 8.11. The number of hydrogen-bond acceptors (Lipinski definition) is 14. The van der Waals surface area contributed by atoms with E-state index in [4.69, 9.17) is 33.5 Å². The Morgan fingerprint density at radius 1 is 1.34 bits per heavy atom. The van der Waals surface area contributed by atoms with Gasteiger partial charge in [0.15, 0.2) is 33.6 Å². The zero-order valence-electron chi connectivity index (χ0n) is 19.6. The van der Waals surface area contributed by atoms with Crippen LogP contribution < -0.4 is 20.8 Å². The normalized spacial score (nSPS) is 26.8. The monoisotopic (exact) mass is 618 g/mol. The largest absolute Gasteiger partial charge is 0.493 e.